The van der Waals surface area contributed by atoms with Gasteiger partial charge in [-0.05, 0) is 31.7 Å². The Morgan fingerprint density at radius 2 is 1.90 bits per heavy atom. The molecule has 0 bridgehead atoms. The lowest BCUT2D eigenvalue weighted by molar-refractivity contribution is -0.186. The summed E-state index contributed by atoms with van der Waals surface area (Å²) in [5.74, 6) is -0.693. The highest BCUT2D eigenvalue weighted by Crippen LogP contribution is 2.21. The van der Waals surface area contributed by atoms with Gasteiger partial charge in [-0.2, -0.15) is 0 Å². The molecule has 3 amide bonds. The molecule has 1 unspecified atom stereocenters. The Labute approximate surface area is 171 Å². The Kier molecular flexibility index (Phi) is 8.63. The number of nitrogens with one attached hydrogen (secondary N) is 2. The highest BCUT2D eigenvalue weighted by atomic mass is 16.7. The molecule has 2 heterocycles. The molecule has 2 saturated heterocycles. The highest BCUT2D eigenvalue weighted by Gasteiger charge is 2.30. The molecular formula is C20H32N4O5. The standard InChI is InChI=1S/C20H32N4O5/c1-14(2)13-23-12-4-5-16(23)20(28)22-10-8-17(25)21-11-9-19(27)29-24-15(3)6-7-18(24)26/h14,16H,3-13H2,1-2H3,(H,21,25)(H,22,28)/i1+1,2+1,4+1,5+1,12+1,13+1,16+1,21+1. The Bertz CT molecular complexity index is 633. The van der Waals surface area contributed by atoms with Crippen molar-refractivity contribution in [2.45, 2.75) is 58.4 Å². The third kappa shape index (κ3) is 7.16. The first-order chi connectivity index (χ1) is 13.8. The molecule has 0 aromatic heterocycles. The maximum atomic E-state index is 12.4. The van der Waals surface area contributed by atoms with Crippen molar-refractivity contribution in [1.82, 2.24) is 20.6 Å². The molecule has 2 rings (SSSR count). The Balaban J connectivity index is 1.58. The van der Waals surface area contributed by atoms with Crippen LogP contribution in [0.1, 0.15) is 52.4 Å². The van der Waals surface area contributed by atoms with Crippen molar-refractivity contribution in [3.05, 3.63) is 12.3 Å². The summed E-state index contributed by atoms with van der Waals surface area (Å²) in [5, 5.41) is 6.36. The summed E-state index contributed by atoms with van der Waals surface area (Å²) >= 11 is 0. The lowest BCUT2D eigenvalue weighted by Crippen LogP contribution is -2.45. The van der Waals surface area contributed by atoms with Crippen LogP contribution in [-0.2, 0) is 24.0 Å². The van der Waals surface area contributed by atoms with E-state index in [1.807, 2.05) is 0 Å². The summed E-state index contributed by atoms with van der Waals surface area (Å²) in [5.41, 5.74) is 0.456. The first-order valence-electron chi connectivity index (χ1n) is 10.3. The predicted molar refractivity (Wildman–Crippen MR) is 106 cm³/mol. The molecule has 29 heavy (non-hydrogen) atoms. The van der Waals surface area contributed by atoms with E-state index in [1.165, 1.54) is 0 Å². The number of hydroxylamine groups is 2. The van der Waals surface area contributed by atoms with Gasteiger partial charge < -0.3 is 15.5 Å². The molecule has 0 saturated carbocycles. The number of hydrogen-bond donors (Lipinski definition) is 2. The number of nitrogens with zero attached hydrogens (tertiary/aromatic N) is 2. The van der Waals surface area contributed by atoms with Crippen LogP contribution in [0, 0.1) is 5.92 Å². The van der Waals surface area contributed by atoms with Crippen molar-refractivity contribution >= 4 is 23.7 Å². The lowest BCUT2D eigenvalue weighted by atomic mass is 10.3. The van der Waals surface area contributed by atoms with Crippen molar-refractivity contribution in [2.75, 3.05) is 26.2 Å². The van der Waals surface area contributed by atoms with Crippen molar-refractivity contribution in [3.8, 4) is 0 Å². The first-order valence-corrected chi connectivity index (χ1v) is 10.3. The van der Waals surface area contributed by atoms with Crippen LogP contribution >= 0.6 is 0 Å². The Morgan fingerprint density at radius 1 is 1.17 bits per heavy atom. The van der Waals surface area contributed by atoms with Crippen LogP contribution < -0.4 is 10.6 Å². The first kappa shape index (κ1) is 22.9. The van der Waals surface area contributed by atoms with Crippen LogP contribution in [0.4, 0.5) is 0 Å². The fraction of sp³-hybridized carbons (Fsp3) is 0.700. The van der Waals surface area contributed by atoms with Gasteiger partial charge in [-0.25, -0.2) is 4.79 Å². The van der Waals surface area contributed by atoms with E-state index < -0.39 is 5.97 Å². The van der Waals surface area contributed by atoms with Crippen LogP contribution in [-0.4, -0.2) is 65.9 Å². The number of carbonyl (C=O) groups excluding carboxylic acids is 4. The summed E-state index contributed by atoms with van der Waals surface area (Å²) in [6.07, 6.45) is 2.70. The maximum Gasteiger partial charge on any atom is 0.334 e. The third-order valence-corrected chi connectivity index (χ3v) is 4.90. The van der Waals surface area contributed by atoms with Crippen molar-refractivity contribution < 1.29 is 24.0 Å². The maximum absolute atomic E-state index is 12.4. The number of likely N-dealkylation sites (tertiary alicyclic amines) is 1. The quantitative estimate of drug-likeness (QED) is 0.401. The van der Waals surface area contributed by atoms with E-state index in [2.05, 4.69) is 36.0 Å². The Morgan fingerprint density at radius 3 is 2.55 bits per heavy atom. The molecule has 0 spiro atoms. The minimum atomic E-state index is -0.610. The average Bonchev–Trinajstić information content (AvgIpc) is 3.22. The van der Waals surface area contributed by atoms with E-state index >= 15 is 0 Å². The van der Waals surface area contributed by atoms with Crippen LogP contribution in [0.5, 0.6) is 0 Å². The third-order valence-electron chi connectivity index (χ3n) is 4.90. The van der Waals surface area contributed by atoms with E-state index in [1.54, 1.807) is 0 Å². The second-order valence-corrected chi connectivity index (χ2v) is 7.91. The zero-order valence-electron chi connectivity index (χ0n) is 17.4. The minimum absolute atomic E-state index is 0.0324. The van der Waals surface area contributed by atoms with Crippen molar-refractivity contribution in [2.24, 2.45) is 5.92 Å². The molecule has 1 atom stereocenters. The average molecular weight is 416 g/mol. The van der Waals surface area contributed by atoms with Gasteiger partial charge in [-0.15, -0.1) is 5.06 Å². The van der Waals surface area contributed by atoms with Crippen molar-refractivity contribution in [3.63, 3.8) is 0 Å². The van der Waals surface area contributed by atoms with Crippen LogP contribution in [0.25, 0.3) is 0 Å². The summed E-state index contributed by atoms with van der Waals surface area (Å²) in [6.45, 7) is 10.1. The minimum Gasteiger partial charge on any atom is -0.355 e. The Hall–Kier alpha value is -2.42. The molecule has 2 aliphatic rings. The van der Waals surface area contributed by atoms with Gasteiger partial charge in [0.15, 0.2) is 0 Å². The smallest absolute Gasteiger partial charge is 0.334 e. The molecule has 2 aliphatic heterocycles. The molecule has 0 radical (unpaired) electrons. The number of rotatable bonds is 10. The van der Waals surface area contributed by atoms with E-state index in [9.17, 15) is 19.2 Å². The summed E-state index contributed by atoms with van der Waals surface area (Å²) < 4.78 is 0. The number of hydrogen-bond acceptors (Lipinski definition) is 6. The molecule has 0 aromatic carbocycles. The normalized spacial score (nSPS) is 19.7. The van der Waals surface area contributed by atoms with Gasteiger partial charge in [0, 0.05) is 32.5 Å². The molecule has 0 aromatic rings. The van der Waals surface area contributed by atoms with Gasteiger partial charge in [-0.3, -0.25) is 19.3 Å². The summed E-state index contributed by atoms with van der Waals surface area (Å²) in [6, 6.07) is -0.113. The lowest BCUT2D eigenvalue weighted by Gasteiger charge is -2.25. The summed E-state index contributed by atoms with van der Waals surface area (Å²) in [7, 11) is 0. The monoisotopic (exact) mass is 416 g/mol. The number of carbonyl (C=O) groups is 4. The highest BCUT2D eigenvalue weighted by molar-refractivity contribution is 5.83. The van der Waals surface area contributed by atoms with Crippen LogP contribution in [0.15, 0.2) is 12.3 Å². The number of amides is 3. The van der Waals surface area contributed by atoms with Gasteiger partial charge in [0.05, 0.1) is 18.2 Å². The van der Waals surface area contributed by atoms with Gasteiger partial charge in [0.25, 0.3) is 5.91 Å². The molecule has 9 nitrogen and oxygen atoms in total. The molecule has 0 aliphatic carbocycles. The van der Waals surface area contributed by atoms with E-state index in [-0.39, 0.29) is 56.1 Å². The fourth-order valence-electron chi connectivity index (χ4n) is 3.51. The van der Waals surface area contributed by atoms with Gasteiger partial charge in [-0.1, -0.05) is 20.4 Å². The topological polar surface area (TPSA) is 108 Å². The van der Waals surface area contributed by atoms with Gasteiger partial charge in [0.1, 0.15) is 0 Å². The largest absolute Gasteiger partial charge is 0.355 e. The zero-order valence-corrected chi connectivity index (χ0v) is 17.4. The molecule has 2 N–H and O–H groups in total. The van der Waals surface area contributed by atoms with E-state index in [4.69, 9.17) is 4.84 Å². The second-order valence-electron chi connectivity index (χ2n) is 7.91. The fourth-order valence-corrected chi connectivity index (χ4v) is 3.51. The summed E-state index contributed by atoms with van der Waals surface area (Å²) in [4.78, 5) is 54.7. The van der Waals surface area contributed by atoms with Crippen LogP contribution in [0.2, 0.25) is 0 Å². The second kappa shape index (κ2) is 10.9. The van der Waals surface area contributed by atoms with Crippen molar-refractivity contribution in [1.29, 1.82) is 0 Å². The molecule has 9 heteroatoms. The zero-order chi connectivity index (χ0) is 21.4. The van der Waals surface area contributed by atoms with Gasteiger partial charge >= 0.3 is 5.97 Å². The molecular weight excluding hydrogens is 384 g/mol. The predicted octanol–water partition coefficient (Wildman–Crippen LogP) is 0.714. The molecule has 2 fully saturated rings. The van der Waals surface area contributed by atoms with E-state index in [0.29, 0.717) is 18.0 Å². The molecule has 162 valence electrons. The van der Waals surface area contributed by atoms with E-state index in [0.717, 1.165) is 31.0 Å². The number of allylic oxidation sites excluding steroid dienone is 1. The SMILES string of the molecule is C=C1CCC(=O)N1OC(=O)CC[15NH]C(=O)CCNC(=O)[13CH]1[13CH2][13CH2][13CH2]N1[13CH2]C([13CH3])[13CH3]. The van der Waals surface area contributed by atoms with Gasteiger partial charge in [0.2, 0.25) is 11.8 Å². The van der Waals surface area contributed by atoms with Crippen LogP contribution in [0.3, 0.4) is 0 Å².